The lowest BCUT2D eigenvalue weighted by atomic mass is 10.1. The molecule has 0 spiro atoms. The average molecular weight is 244 g/mol. The highest BCUT2D eigenvalue weighted by atomic mass is 35.5. The van der Waals surface area contributed by atoms with Crippen molar-refractivity contribution < 1.29 is 9.21 Å². The molecule has 88 valence electrons. The smallest absolute Gasteiger partial charge is 0.321 e. The lowest BCUT2D eigenvalue weighted by Crippen LogP contribution is -2.33. The molecule has 0 radical (unpaired) electrons. The Hall–Kier alpha value is -1.20. The fourth-order valence-corrected chi connectivity index (χ4v) is 1.81. The van der Waals surface area contributed by atoms with Crippen LogP contribution in [0.15, 0.2) is 16.5 Å². The van der Waals surface area contributed by atoms with Crippen LogP contribution in [-0.2, 0) is 0 Å². The van der Waals surface area contributed by atoms with Gasteiger partial charge in [0.15, 0.2) is 5.22 Å². The van der Waals surface area contributed by atoms with Crippen molar-refractivity contribution in [2.45, 2.75) is 6.42 Å². The minimum atomic E-state index is -0.266. The average Bonchev–Trinajstić information content (AvgIpc) is 2.87. The van der Waals surface area contributed by atoms with Crippen LogP contribution in [0.3, 0.4) is 0 Å². The zero-order valence-corrected chi connectivity index (χ0v) is 9.51. The summed E-state index contributed by atoms with van der Waals surface area (Å²) in [5.41, 5.74) is 0. The first-order valence-electron chi connectivity index (χ1n) is 5.25. The molecule has 1 aliphatic rings. The van der Waals surface area contributed by atoms with E-state index in [1.165, 1.54) is 0 Å². The zero-order chi connectivity index (χ0) is 11.4. The van der Waals surface area contributed by atoms with Gasteiger partial charge in [-0.05, 0) is 43.1 Å². The van der Waals surface area contributed by atoms with E-state index in [1.807, 2.05) is 0 Å². The second-order valence-corrected chi connectivity index (χ2v) is 4.17. The van der Waals surface area contributed by atoms with Gasteiger partial charge in [-0.25, -0.2) is 4.79 Å². The lowest BCUT2D eigenvalue weighted by Gasteiger charge is -2.09. The van der Waals surface area contributed by atoms with Crippen LogP contribution < -0.4 is 16.0 Å². The van der Waals surface area contributed by atoms with Gasteiger partial charge in [-0.1, -0.05) is 0 Å². The maximum absolute atomic E-state index is 11.4. The van der Waals surface area contributed by atoms with Gasteiger partial charge in [-0.3, -0.25) is 5.32 Å². The predicted molar refractivity (Wildman–Crippen MR) is 61.7 cm³/mol. The van der Waals surface area contributed by atoms with Gasteiger partial charge < -0.3 is 15.1 Å². The molecule has 1 aromatic rings. The summed E-state index contributed by atoms with van der Waals surface area (Å²) in [7, 11) is 0. The first-order chi connectivity index (χ1) is 7.74. The molecule has 1 aliphatic heterocycles. The zero-order valence-electron chi connectivity index (χ0n) is 8.75. The number of carbonyl (C=O) groups excluding carboxylic acids is 1. The Labute approximate surface area is 98.5 Å². The fourth-order valence-electron chi connectivity index (χ4n) is 1.66. The Morgan fingerprint density at radius 3 is 3.12 bits per heavy atom. The summed E-state index contributed by atoms with van der Waals surface area (Å²) in [5, 5.41) is 8.86. The quantitative estimate of drug-likeness (QED) is 0.757. The molecule has 2 amide bonds. The number of rotatable bonds is 3. The van der Waals surface area contributed by atoms with Crippen LogP contribution in [0, 0.1) is 5.92 Å². The fraction of sp³-hybridized carbons (Fsp3) is 0.500. The SMILES string of the molecule is O=C(NCC1CCNC1)Nc1ccc(Cl)o1. The van der Waals surface area contributed by atoms with Crippen molar-refractivity contribution in [2.75, 3.05) is 25.0 Å². The normalized spacial score (nSPS) is 19.7. The van der Waals surface area contributed by atoms with Crippen LogP contribution >= 0.6 is 11.6 Å². The molecule has 0 bridgehead atoms. The number of halogens is 1. The van der Waals surface area contributed by atoms with E-state index in [4.69, 9.17) is 16.0 Å². The summed E-state index contributed by atoms with van der Waals surface area (Å²) in [5.74, 6) is 0.873. The van der Waals surface area contributed by atoms with Crippen LogP contribution in [0.1, 0.15) is 6.42 Å². The van der Waals surface area contributed by atoms with Gasteiger partial charge >= 0.3 is 6.03 Å². The van der Waals surface area contributed by atoms with Crippen LogP contribution in [-0.4, -0.2) is 25.7 Å². The largest absolute Gasteiger partial charge is 0.429 e. The molecule has 1 unspecified atom stereocenters. The molecule has 0 aromatic carbocycles. The molecule has 0 saturated carbocycles. The Morgan fingerprint density at radius 2 is 2.50 bits per heavy atom. The van der Waals surface area contributed by atoms with E-state index in [1.54, 1.807) is 12.1 Å². The van der Waals surface area contributed by atoms with Crippen LogP contribution in [0.5, 0.6) is 0 Å². The molecular weight excluding hydrogens is 230 g/mol. The lowest BCUT2D eigenvalue weighted by molar-refractivity contribution is 0.250. The molecule has 0 aliphatic carbocycles. The Bertz CT molecular complexity index is 361. The van der Waals surface area contributed by atoms with Crippen LogP contribution in [0.25, 0.3) is 0 Å². The van der Waals surface area contributed by atoms with E-state index >= 15 is 0 Å². The number of carbonyl (C=O) groups is 1. The number of hydrogen-bond donors (Lipinski definition) is 3. The monoisotopic (exact) mass is 243 g/mol. The molecule has 1 atom stereocenters. The van der Waals surface area contributed by atoms with Crippen molar-refractivity contribution in [3.8, 4) is 0 Å². The molecule has 6 heteroatoms. The van der Waals surface area contributed by atoms with Gasteiger partial charge in [0, 0.05) is 12.6 Å². The standard InChI is InChI=1S/C10H14ClN3O2/c11-8-1-2-9(16-8)14-10(15)13-6-7-3-4-12-5-7/h1-2,7,12H,3-6H2,(H2,13,14,15). The molecule has 2 rings (SSSR count). The van der Waals surface area contributed by atoms with Crippen molar-refractivity contribution in [3.05, 3.63) is 17.4 Å². The first kappa shape index (κ1) is 11.3. The van der Waals surface area contributed by atoms with Crippen molar-refractivity contribution in [1.29, 1.82) is 0 Å². The van der Waals surface area contributed by atoms with Gasteiger partial charge in [0.1, 0.15) is 0 Å². The molecule has 1 fully saturated rings. The number of amides is 2. The third kappa shape index (κ3) is 3.15. The summed E-state index contributed by atoms with van der Waals surface area (Å²) >= 11 is 5.58. The second-order valence-electron chi connectivity index (χ2n) is 3.80. The summed E-state index contributed by atoms with van der Waals surface area (Å²) in [4.78, 5) is 11.4. The Kier molecular flexibility index (Phi) is 3.69. The number of anilines is 1. The summed E-state index contributed by atoms with van der Waals surface area (Å²) in [6, 6.07) is 2.93. The molecule has 1 saturated heterocycles. The van der Waals surface area contributed by atoms with Crippen molar-refractivity contribution in [1.82, 2.24) is 10.6 Å². The van der Waals surface area contributed by atoms with Gasteiger partial charge in [0.25, 0.3) is 0 Å². The molecular formula is C10H14ClN3O2. The van der Waals surface area contributed by atoms with E-state index in [9.17, 15) is 4.79 Å². The van der Waals surface area contributed by atoms with Crippen LogP contribution in [0.4, 0.5) is 10.7 Å². The third-order valence-corrected chi connectivity index (χ3v) is 2.73. The van der Waals surface area contributed by atoms with E-state index in [-0.39, 0.29) is 11.3 Å². The predicted octanol–water partition coefficient (Wildman–Crippen LogP) is 1.66. The molecule has 2 heterocycles. The van der Waals surface area contributed by atoms with E-state index in [0.29, 0.717) is 18.3 Å². The Balaban J connectivity index is 1.71. The summed E-state index contributed by atoms with van der Waals surface area (Å²) in [6.45, 7) is 2.67. The second kappa shape index (κ2) is 5.23. The molecule has 3 N–H and O–H groups in total. The number of hydrogen-bond acceptors (Lipinski definition) is 3. The number of urea groups is 1. The van der Waals surface area contributed by atoms with Gasteiger partial charge in [0.05, 0.1) is 0 Å². The topological polar surface area (TPSA) is 66.3 Å². The highest BCUT2D eigenvalue weighted by Gasteiger charge is 2.15. The van der Waals surface area contributed by atoms with Gasteiger partial charge in [-0.2, -0.15) is 0 Å². The highest BCUT2D eigenvalue weighted by Crippen LogP contribution is 2.17. The third-order valence-electron chi connectivity index (χ3n) is 2.52. The van der Waals surface area contributed by atoms with Gasteiger partial charge in [-0.15, -0.1) is 0 Å². The number of nitrogens with one attached hydrogen (secondary N) is 3. The molecule has 5 nitrogen and oxygen atoms in total. The van der Waals surface area contributed by atoms with Crippen molar-refractivity contribution in [3.63, 3.8) is 0 Å². The summed E-state index contributed by atoms with van der Waals surface area (Å²) < 4.78 is 5.01. The maximum atomic E-state index is 11.4. The maximum Gasteiger partial charge on any atom is 0.321 e. The number of furan rings is 1. The van der Waals surface area contributed by atoms with Gasteiger partial charge in [0.2, 0.25) is 5.88 Å². The highest BCUT2D eigenvalue weighted by molar-refractivity contribution is 6.29. The minimum absolute atomic E-state index is 0.260. The van der Waals surface area contributed by atoms with E-state index in [2.05, 4.69) is 16.0 Å². The van der Waals surface area contributed by atoms with E-state index in [0.717, 1.165) is 19.5 Å². The molecule has 16 heavy (non-hydrogen) atoms. The van der Waals surface area contributed by atoms with Crippen LogP contribution in [0.2, 0.25) is 5.22 Å². The first-order valence-corrected chi connectivity index (χ1v) is 5.63. The van der Waals surface area contributed by atoms with Crippen molar-refractivity contribution >= 4 is 23.5 Å². The Morgan fingerprint density at radius 1 is 1.62 bits per heavy atom. The van der Waals surface area contributed by atoms with E-state index < -0.39 is 0 Å². The minimum Gasteiger partial charge on any atom is -0.429 e. The summed E-state index contributed by atoms with van der Waals surface area (Å²) in [6.07, 6.45) is 1.10. The van der Waals surface area contributed by atoms with Crippen molar-refractivity contribution in [2.24, 2.45) is 5.92 Å². The molecule has 1 aromatic heterocycles.